The molecule has 3 aliphatic rings. The minimum atomic E-state index is 0.159. The molecule has 162 valence electrons. The van der Waals surface area contributed by atoms with Crippen molar-refractivity contribution in [3.8, 4) is 28.3 Å². The predicted octanol–water partition coefficient (Wildman–Crippen LogP) is 3.67. The fourth-order valence-electron chi connectivity index (χ4n) is 5.47. The normalized spacial score (nSPS) is 24.2. The number of hydrogen-bond acceptors (Lipinski definition) is 7. The van der Waals surface area contributed by atoms with Crippen LogP contribution in [0.2, 0.25) is 0 Å². The van der Waals surface area contributed by atoms with Crippen molar-refractivity contribution in [2.75, 3.05) is 18.5 Å². The molecule has 2 N–H and O–H groups in total. The highest BCUT2D eigenvalue weighted by atomic mass is 16.3. The second-order valence-electron chi connectivity index (χ2n) is 9.15. The average molecular weight is 427 g/mol. The number of phenolic OH excluding ortho intramolecular Hbond substituents is 1. The van der Waals surface area contributed by atoms with E-state index in [1.165, 1.54) is 31.3 Å². The Morgan fingerprint density at radius 1 is 1.00 bits per heavy atom. The molecular weight excluding hydrogens is 400 g/mol. The van der Waals surface area contributed by atoms with Gasteiger partial charge in [0.05, 0.1) is 17.1 Å². The smallest absolute Gasteiger partial charge is 0.125 e. The fraction of sp³-hybridized carbons (Fsp3) is 0.360. The van der Waals surface area contributed by atoms with E-state index in [1.54, 1.807) is 12.3 Å². The first kappa shape index (κ1) is 19.4. The Kier molecular flexibility index (Phi) is 4.64. The molecule has 2 fully saturated rings. The average Bonchev–Trinajstić information content (AvgIpc) is 3.17. The lowest BCUT2D eigenvalue weighted by molar-refractivity contribution is 0.351. The highest BCUT2D eigenvalue weighted by Gasteiger charge is 2.37. The molecule has 3 atom stereocenters. The Hall–Kier alpha value is -3.32. The largest absolute Gasteiger partial charge is 0.507 e. The molecule has 2 bridgehead atoms. The molecule has 6 rings (SSSR count). The van der Waals surface area contributed by atoms with Crippen LogP contribution in [-0.2, 0) is 0 Å². The van der Waals surface area contributed by atoms with Crippen LogP contribution in [0.4, 0.5) is 5.69 Å². The number of hydrogen-bond donors (Lipinski definition) is 2. The van der Waals surface area contributed by atoms with Gasteiger partial charge in [0.25, 0.3) is 0 Å². The number of allylic oxidation sites excluding steroid dienone is 1. The topological polar surface area (TPSA) is 87.1 Å². The summed E-state index contributed by atoms with van der Waals surface area (Å²) in [5.74, 6) is 0.701. The lowest BCUT2D eigenvalue weighted by Crippen LogP contribution is -2.39. The monoisotopic (exact) mass is 426 g/mol. The van der Waals surface area contributed by atoms with Gasteiger partial charge in [0.15, 0.2) is 0 Å². The van der Waals surface area contributed by atoms with Gasteiger partial charge in [0.2, 0.25) is 0 Å². The minimum Gasteiger partial charge on any atom is -0.507 e. The highest BCUT2D eigenvalue weighted by molar-refractivity contribution is 5.82. The van der Waals surface area contributed by atoms with Gasteiger partial charge in [-0.2, -0.15) is 10.2 Å². The molecule has 32 heavy (non-hydrogen) atoms. The van der Waals surface area contributed by atoms with E-state index in [0.717, 1.165) is 29.2 Å². The van der Waals surface area contributed by atoms with Crippen LogP contribution in [-0.4, -0.2) is 51.2 Å². The Bertz CT molecular complexity index is 1180. The van der Waals surface area contributed by atoms with Gasteiger partial charge >= 0.3 is 0 Å². The first-order valence-electron chi connectivity index (χ1n) is 11.3. The predicted molar refractivity (Wildman–Crippen MR) is 124 cm³/mol. The zero-order chi connectivity index (χ0) is 21.7. The van der Waals surface area contributed by atoms with Crippen molar-refractivity contribution in [2.24, 2.45) is 5.92 Å². The molecule has 3 aliphatic heterocycles. The quantitative estimate of drug-likeness (QED) is 0.661. The minimum absolute atomic E-state index is 0.159. The van der Waals surface area contributed by atoms with Crippen LogP contribution in [0.3, 0.4) is 0 Å². The van der Waals surface area contributed by atoms with Crippen molar-refractivity contribution in [1.82, 2.24) is 25.7 Å². The maximum atomic E-state index is 10.7. The SMILES string of the molecule is CN1CC=C(C2C[C@H]3CC[C@@H](C2)N3)c2nnc(-c3ccc(-c4cccnn4)cc3O)cc21. The fourth-order valence-corrected chi connectivity index (χ4v) is 5.47. The van der Waals surface area contributed by atoms with Gasteiger partial charge in [0, 0.05) is 43.0 Å². The molecule has 1 aromatic carbocycles. The highest BCUT2D eigenvalue weighted by Crippen LogP contribution is 2.43. The number of rotatable bonds is 3. The number of nitrogens with one attached hydrogen (secondary N) is 1. The molecule has 1 unspecified atom stereocenters. The molecular formula is C25H26N6O. The molecule has 3 aromatic rings. The lowest BCUT2D eigenvalue weighted by atomic mass is 9.82. The summed E-state index contributed by atoms with van der Waals surface area (Å²) in [6.45, 7) is 0.865. The van der Waals surface area contributed by atoms with E-state index in [2.05, 4.69) is 49.8 Å². The first-order chi connectivity index (χ1) is 15.7. The van der Waals surface area contributed by atoms with E-state index < -0.39 is 0 Å². The van der Waals surface area contributed by atoms with Crippen molar-refractivity contribution in [3.05, 3.63) is 54.4 Å². The zero-order valence-electron chi connectivity index (χ0n) is 18.1. The second-order valence-corrected chi connectivity index (χ2v) is 9.15. The molecule has 0 radical (unpaired) electrons. The summed E-state index contributed by atoms with van der Waals surface area (Å²) < 4.78 is 0. The second kappa shape index (κ2) is 7.67. The number of nitrogens with zero attached hydrogens (tertiary/aromatic N) is 5. The molecule has 0 amide bonds. The van der Waals surface area contributed by atoms with E-state index in [1.807, 2.05) is 24.3 Å². The van der Waals surface area contributed by atoms with Crippen LogP contribution in [0, 0.1) is 5.92 Å². The molecule has 7 nitrogen and oxygen atoms in total. The maximum Gasteiger partial charge on any atom is 0.125 e. The van der Waals surface area contributed by atoms with Gasteiger partial charge in [0.1, 0.15) is 11.4 Å². The summed E-state index contributed by atoms with van der Waals surface area (Å²) >= 11 is 0. The van der Waals surface area contributed by atoms with Crippen LogP contribution < -0.4 is 10.2 Å². The summed E-state index contributed by atoms with van der Waals surface area (Å²) in [6, 6.07) is 12.6. The Morgan fingerprint density at radius 2 is 1.84 bits per heavy atom. The van der Waals surface area contributed by atoms with Gasteiger partial charge in [-0.3, -0.25) is 0 Å². The number of anilines is 1. The number of phenols is 1. The number of likely N-dealkylation sites (N-methyl/N-ethyl adjacent to an activating group) is 1. The van der Waals surface area contributed by atoms with Crippen molar-refractivity contribution in [1.29, 1.82) is 0 Å². The summed E-state index contributed by atoms with van der Waals surface area (Å²) in [5, 5.41) is 31.7. The molecule has 0 spiro atoms. The third-order valence-electron chi connectivity index (χ3n) is 7.10. The van der Waals surface area contributed by atoms with Gasteiger partial charge in [-0.05, 0) is 67.5 Å². The zero-order valence-corrected chi connectivity index (χ0v) is 18.1. The van der Waals surface area contributed by atoms with Crippen molar-refractivity contribution in [3.63, 3.8) is 0 Å². The molecule has 0 aliphatic carbocycles. The van der Waals surface area contributed by atoms with E-state index in [0.29, 0.717) is 29.3 Å². The third kappa shape index (κ3) is 3.33. The number of benzene rings is 1. The standard InChI is InChI=1S/C25H26N6O/c1-31-10-8-19(16-11-17-5-6-18(12-16)27-17)25-23(31)14-22(29-30-25)20-7-4-15(13-24(20)32)21-3-2-9-26-28-21/h2-4,7-9,13-14,16-18,27,32H,5-6,10-12H2,1H3/t16?,17-,18+. The van der Waals surface area contributed by atoms with Crippen LogP contribution in [0.25, 0.3) is 28.1 Å². The Morgan fingerprint density at radius 3 is 2.59 bits per heavy atom. The lowest BCUT2D eigenvalue weighted by Gasteiger charge is -2.34. The van der Waals surface area contributed by atoms with Gasteiger partial charge in [-0.25, -0.2) is 0 Å². The third-order valence-corrected chi connectivity index (χ3v) is 7.10. The molecule has 2 aromatic heterocycles. The Balaban J connectivity index is 1.33. The summed E-state index contributed by atoms with van der Waals surface area (Å²) in [6.07, 6.45) is 8.90. The van der Waals surface area contributed by atoms with Gasteiger partial charge in [-0.1, -0.05) is 12.1 Å². The van der Waals surface area contributed by atoms with E-state index in [4.69, 9.17) is 0 Å². The van der Waals surface area contributed by atoms with E-state index >= 15 is 0 Å². The Labute approximate surface area is 187 Å². The van der Waals surface area contributed by atoms with Crippen LogP contribution in [0.5, 0.6) is 5.75 Å². The van der Waals surface area contributed by atoms with E-state index in [9.17, 15) is 5.11 Å². The van der Waals surface area contributed by atoms with Crippen molar-refractivity contribution >= 4 is 11.3 Å². The maximum absolute atomic E-state index is 10.7. The van der Waals surface area contributed by atoms with Gasteiger partial charge < -0.3 is 15.3 Å². The number of piperidine rings is 1. The first-order valence-corrected chi connectivity index (χ1v) is 11.3. The molecule has 7 heteroatoms. The van der Waals surface area contributed by atoms with Crippen molar-refractivity contribution in [2.45, 2.75) is 37.8 Å². The van der Waals surface area contributed by atoms with Gasteiger partial charge in [-0.15, -0.1) is 10.2 Å². The number of aromatic hydroxyl groups is 1. The number of aromatic nitrogens is 4. The summed E-state index contributed by atoms with van der Waals surface area (Å²) in [7, 11) is 2.08. The van der Waals surface area contributed by atoms with E-state index in [-0.39, 0.29) is 5.75 Å². The molecule has 2 saturated heterocycles. The molecule has 5 heterocycles. The summed E-state index contributed by atoms with van der Waals surface area (Å²) in [4.78, 5) is 2.21. The van der Waals surface area contributed by atoms with Crippen molar-refractivity contribution < 1.29 is 5.11 Å². The summed E-state index contributed by atoms with van der Waals surface area (Å²) in [5.41, 5.74) is 6.28. The number of fused-ring (bicyclic) bond motifs is 3. The van der Waals surface area contributed by atoms with Crippen LogP contribution in [0.1, 0.15) is 31.4 Å². The van der Waals surface area contributed by atoms with Crippen LogP contribution >= 0.6 is 0 Å². The van der Waals surface area contributed by atoms with Crippen LogP contribution in [0.15, 0.2) is 48.7 Å². The molecule has 0 saturated carbocycles.